The molecule has 3 unspecified atom stereocenters. The molecule has 1 aliphatic rings. The molecule has 0 amide bonds. The highest BCUT2D eigenvalue weighted by molar-refractivity contribution is 6.20. The van der Waals surface area contributed by atoms with Crippen molar-refractivity contribution in [2.24, 2.45) is 11.8 Å². The van der Waals surface area contributed by atoms with Crippen LogP contribution in [0.5, 0.6) is 0 Å². The molecule has 0 radical (unpaired) electrons. The summed E-state index contributed by atoms with van der Waals surface area (Å²) in [5, 5.41) is 0.400. The highest BCUT2D eigenvalue weighted by Gasteiger charge is 2.26. The summed E-state index contributed by atoms with van der Waals surface area (Å²) in [6, 6.07) is 0. The van der Waals surface area contributed by atoms with Crippen molar-refractivity contribution in [3.8, 4) is 0 Å². The topological polar surface area (TPSA) is 0 Å². The Morgan fingerprint density at radius 2 is 2.18 bits per heavy atom. The fourth-order valence-electron chi connectivity index (χ4n) is 2.20. The van der Waals surface area contributed by atoms with Gasteiger partial charge in [0.1, 0.15) is 0 Å². The number of hydrogen-bond acceptors (Lipinski definition) is 0. The van der Waals surface area contributed by atoms with E-state index in [4.69, 9.17) is 11.6 Å². The number of halogens is 1. The maximum atomic E-state index is 6.05. The second-order valence-electron chi connectivity index (χ2n) is 3.91. The van der Waals surface area contributed by atoms with Crippen molar-refractivity contribution in [3.05, 3.63) is 0 Å². The number of rotatable bonds is 3. The standard InChI is InChI=1S/C10H19Cl/c1-3-4-9-5-6-10(7-9)8(2)11/h8-10H,3-7H2,1-2H3. The summed E-state index contributed by atoms with van der Waals surface area (Å²) in [4.78, 5) is 0. The monoisotopic (exact) mass is 174 g/mol. The van der Waals surface area contributed by atoms with Gasteiger partial charge < -0.3 is 0 Å². The average molecular weight is 175 g/mol. The first-order chi connectivity index (χ1) is 5.24. The Balaban J connectivity index is 2.23. The Labute approximate surface area is 75.3 Å². The van der Waals surface area contributed by atoms with Crippen molar-refractivity contribution in [1.29, 1.82) is 0 Å². The van der Waals surface area contributed by atoms with Crippen LogP contribution in [0.25, 0.3) is 0 Å². The minimum Gasteiger partial charge on any atom is -0.123 e. The zero-order valence-electron chi connectivity index (χ0n) is 7.65. The third-order valence-corrected chi connectivity index (χ3v) is 3.28. The Morgan fingerprint density at radius 3 is 2.64 bits per heavy atom. The minimum atomic E-state index is 0.400. The predicted octanol–water partition coefficient (Wildman–Crippen LogP) is 3.83. The van der Waals surface area contributed by atoms with Crippen LogP contribution in [0.1, 0.15) is 46.0 Å². The summed E-state index contributed by atoms with van der Waals surface area (Å²) in [5.41, 5.74) is 0. The van der Waals surface area contributed by atoms with Crippen LogP contribution in [0.3, 0.4) is 0 Å². The van der Waals surface area contributed by atoms with Gasteiger partial charge in [-0.1, -0.05) is 26.2 Å². The van der Waals surface area contributed by atoms with Crippen LogP contribution in [0.4, 0.5) is 0 Å². The van der Waals surface area contributed by atoms with Crippen molar-refractivity contribution in [3.63, 3.8) is 0 Å². The van der Waals surface area contributed by atoms with Crippen LogP contribution in [-0.2, 0) is 0 Å². The van der Waals surface area contributed by atoms with Gasteiger partial charge in [0.05, 0.1) is 0 Å². The largest absolute Gasteiger partial charge is 0.123 e. The van der Waals surface area contributed by atoms with Crippen molar-refractivity contribution in [2.45, 2.75) is 51.3 Å². The van der Waals surface area contributed by atoms with Gasteiger partial charge in [0.15, 0.2) is 0 Å². The van der Waals surface area contributed by atoms with Gasteiger partial charge in [-0.3, -0.25) is 0 Å². The summed E-state index contributed by atoms with van der Waals surface area (Å²) >= 11 is 6.05. The maximum absolute atomic E-state index is 6.05. The normalized spacial score (nSPS) is 34.1. The molecule has 1 fully saturated rings. The first-order valence-electron chi connectivity index (χ1n) is 4.88. The van der Waals surface area contributed by atoms with E-state index in [0.29, 0.717) is 5.38 Å². The van der Waals surface area contributed by atoms with E-state index in [1.165, 1.54) is 32.1 Å². The first-order valence-corrected chi connectivity index (χ1v) is 5.31. The van der Waals surface area contributed by atoms with Gasteiger partial charge in [0.25, 0.3) is 0 Å². The molecule has 0 N–H and O–H groups in total. The summed E-state index contributed by atoms with van der Waals surface area (Å²) in [6.07, 6.45) is 6.94. The number of alkyl halides is 1. The molecule has 0 aromatic heterocycles. The third kappa shape index (κ3) is 2.66. The lowest BCUT2D eigenvalue weighted by atomic mass is 9.99. The molecular weight excluding hydrogens is 156 g/mol. The Morgan fingerprint density at radius 1 is 1.45 bits per heavy atom. The molecule has 66 valence electrons. The van der Waals surface area contributed by atoms with E-state index in [-0.39, 0.29) is 0 Å². The van der Waals surface area contributed by atoms with Crippen LogP contribution in [-0.4, -0.2) is 5.38 Å². The van der Waals surface area contributed by atoms with Crippen molar-refractivity contribution < 1.29 is 0 Å². The molecule has 0 spiro atoms. The fraction of sp³-hybridized carbons (Fsp3) is 1.00. The third-order valence-electron chi connectivity index (χ3n) is 2.93. The van der Waals surface area contributed by atoms with E-state index in [9.17, 15) is 0 Å². The van der Waals surface area contributed by atoms with E-state index in [1.54, 1.807) is 0 Å². The van der Waals surface area contributed by atoms with Crippen LogP contribution in [0.15, 0.2) is 0 Å². The SMILES string of the molecule is CCCC1CCC(C(C)Cl)C1. The molecule has 0 aromatic carbocycles. The lowest BCUT2D eigenvalue weighted by Crippen LogP contribution is -2.06. The molecule has 1 heteroatoms. The van der Waals surface area contributed by atoms with Gasteiger partial charge >= 0.3 is 0 Å². The van der Waals surface area contributed by atoms with E-state index in [0.717, 1.165) is 11.8 Å². The smallest absolute Gasteiger partial charge is 0.0336 e. The molecule has 0 nitrogen and oxygen atoms in total. The van der Waals surface area contributed by atoms with Gasteiger partial charge in [-0.05, 0) is 31.6 Å². The number of hydrogen-bond donors (Lipinski definition) is 0. The van der Waals surface area contributed by atoms with Crippen molar-refractivity contribution in [1.82, 2.24) is 0 Å². The quantitative estimate of drug-likeness (QED) is 0.571. The maximum Gasteiger partial charge on any atom is 0.0336 e. The summed E-state index contributed by atoms with van der Waals surface area (Å²) in [5.74, 6) is 1.81. The Hall–Kier alpha value is 0.290. The van der Waals surface area contributed by atoms with Crippen molar-refractivity contribution >= 4 is 11.6 Å². The van der Waals surface area contributed by atoms with Gasteiger partial charge in [-0.15, -0.1) is 11.6 Å². The first kappa shape index (κ1) is 9.38. The molecule has 1 saturated carbocycles. The van der Waals surface area contributed by atoms with Crippen molar-refractivity contribution in [2.75, 3.05) is 0 Å². The molecule has 11 heavy (non-hydrogen) atoms. The van der Waals surface area contributed by atoms with E-state index >= 15 is 0 Å². The second-order valence-corrected chi connectivity index (χ2v) is 4.59. The van der Waals surface area contributed by atoms with Crippen LogP contribution < -0.4 is 0 Å². The molecule has 0 aromatic rings. The minimum absolute atomic E-state index is 0.400. The second kappa shape index (κ2) is 4.35. The molecule has 3 atom stereocenters. The molecule has 0 saturated heterocycles. The molecule has 0 bridgehead atoms. The average Bonchev–Trinajstić information content (AvgIpc) is 2.37. The lowest BCUT2D eigenvalue weighted by molar-refractivity contribution is 0.456. The van der Waals surface area contributed by atoms with Crippen LogP contribution in [0.2, 0.25) is 0 Å². The Bertz CT molecular complexity index is 109. The highest BCUT2D eigenvalue weighted by Crippen LogP contribution is 2.37. The summed E-state index contributed by atoms with van der Waals surface area (Å²) in [7, 11) is 0. The van der Waals surface area contributed by atoms with E-state index < -0.39 is 0 Å². The molecule has 1 aliphatic carbocycles. The summed E-state index contributed by atoms with van der Waals surface area (Å²) < 4.78 is 0. The molecular formula is C10H19Cl. The Kier molecular flexibility index (Phi) is 3.71. The molecule has 0 heterocycles. The molecule has 0 aliphatic heterocycles. The van der Waals surface area contributed by atoms with E-state index in [2.05, 4.69) is 13.8 Å². The van der Waals surface area contributed by atoms with Gasteiger partial charge in [-0.2, -0.15) is 0 Å². The molecule has 1 rings (SSSR count). The summed E-state index contributed by atoms with van der Waals surface area (Å²) in [6.45, 7) is 4.41. The lowest BCUT2D eigenvalue weighted by Gasteiger charge is -2.12. The predicted molar refractivity (Wildman–Crippen MR) is 51.1 cm³/mol. The fourth-order valence-corrected chi connectivity index (χ4v) is 2.43. The zero-order chi connectivity index (χ0) is 8.27. The van der Waals surface area contributed by atoms with Gasteiger partial charge in [-0.25, -0.2) is 0 Å². The van der Waals surface area contributed by atoms with Gasteiger partial charge in [0.2, 0.25) is 0 Å². The van der Waals surface area contributed by atoms with Crippen LogP contribution in [0, 0.1) is 11.8 Å². The van der Waals surface area contributed by atoms with Gasteiger partial charge in [0, 0.05) is 5.38 Å². The highest BCUT2D eigenvalue weighted by atomic mass is 35.5. The van der Waals surface area contributed by atoms with Crippen LogP contribution >= 0.6 is 11.6 Å². The van der Waals surface area contributed by atoms with E-state index in [1.807, 2.05) is 0 Å². The zero-order valence-corrected chi connectivity index (χ0v) is 8.40.